The van der Waals surface area contributed by atoms with Gasteiger partial charge in [0.25, 0.3) is 11.6 Å². The first-order valence-electron chi connectivity index (χ1n) is 5.44. The van der Waals surface area contributed by atoms with Gasteiger partial charge in [-0.05, 0) is 27.7 Å². The highest BCUT2D eigenvalue weighted by Crippen LogP contribution is 2.20. The molecule has 0 N–H and O–H groups in total. The quantitative estimate of drug-likeness (QED) is 0.676. The normalized spacial score (nSPS) is 13.5. The van der Waals surface area contributed by atoms with Crippen molar-refractivity contribution in [2.75, 3.05) is 13.1 Å². The number of nitrogens with zero attached hydrogens (tertiary/aromatic N) is 2. The van der Waals surface area contributed by atoms with Crippen molar-refractivity contribution in [1.82, 2.24) is 4.90 Å². The predicted molar refractivity (Wildman–Crippen MR) is 61.4 cm³/mol. The first-order valence-corrected chi connectivity index (χ1v) is 5.44. The van der Waals surface area contributed by atoms with Crippen LogP contribution in [-0.4, -0.2) is 29.6 Å². The third-order valence-electron chi connectivity index (χ3n) is 2.36. The molecule has 0 aromatic rings. The molecule has 4 heteroatoms. The van der Waals surface area contributed by atoms with Gasteiger partial charge in [-0.3, -0.25) is 4.79 Å². The van der Waals surface area contributed by atoms with Crippen LogP contribution in [0.3, 0.4) is 0 Å². The second-order valence-electron chi connectivity index (χ2n) is 3.88. The van der Waals surface area contributed by atoms with E-state index in [0.717, 1.165) is 5.57 Å². The van der Waals surface area contributed by atoms with Crippen LogP contribution in [0, 0.1) is 11.3 Å². The summed E-state index contributed by atoms with van der Waals surface area (Å²) in [5.74, 6) is -0.738. The van der Waals surface area contributed by atoms with Crippen molar-refractivity contribution in [2.24, 2.45) is 0 Å². The minimum Gasteiger partial charge on any atom is -0.340 e. The van der Waals surface area contributed by atoms with Crippen molar-refractivity contribution in [3.63, 3.8) is 0 Å². The van der Waals surface area contributed by atoms with E-state index in [-0.39, 0.29) is 6.42 Å². The molecule has 0 spiro atoms. The minimum absolute atomic E-state index is 0.179. The van der Waals surface area contributed by atoms with Gasteiger partial charge in [-0.25, -0.2) is 4.39 Å². The Labute approximate surface area is 96.5 Å². The van der Waals surface area contributed by atoms with Crippen LogP contribution in [0.1, 0.15) is 34.1 Å². The maximum Gasteiger partial charge on any atom is 0.276 e. The molecule has 0 aromatic heterocycles. The molecule has 0 fully saturated rings. The average Bonchev–Trinajstić information content (AvgIpc) is 2.27. The van der Waals surface area contributed by atoms with Gasteiger partial charge in [0.15, 0.2) is 0 Å². The molecule has 0 saturated heterocycles. The van der Waals surface area contributed by atoms with Crippen molar-refractivity contribution >= 4 is 5.91 Å². The number of alkyl halides is 1. The number of carbonyl (C=O) groups excluding carboxylic acids is 1. The minimum atomic E-state index is -2.43. The van der Waals surface area contributed by atoms with E-state index in [4.69, 9.17) is 5.26 Å². The number of rotatable bonds is 5. The van der Waals surface area contributed by atoms with Crippen LogP contribution in [0.5, 0.6) is 0 Å². The molecule has 3 nitrogen and oxygen atoms in total. The summed E-state index contributed by atoms with van der Waals surface area (Å²) >= 11 is 0. The van der Waals surface area contributed by atoms with Gasteiger partial charge in [0.1, 0.15) is 6.07 Å². The summed E-state index contributed by atoms with van der Waals surface area (Å²) in [5.41, 5.74) is -1.53. The molecule has 1 unspecified atom stereocenters. The Morgan fingerprint density at radius 3 is 2.25 bits per heavy atom. The van der Waals surface area contributed by atoms with Gasteiger partial charge in [0.2, 0.25) is 0 Å². The zero-order valence-corrected chi connectivity index (χ0v) is 10.4. The van der Waals surface area contributed by atoms with Gasteiger partial charge < -0.3 is 4.90 Å². The third kappa shape index (κ3) is 3.65. The number of carbonyl (C=O) groups is 1. The average molecular weight is 226 g/mol. The van der Waals surface area contributed by atoms with E-state index in [1.54, 1.807) is 33.8 Å². The van der Waals surface area contributed by atoms with Crippen LogP contribution in [0.25, 0.3) is 0 Å². The molecule has 90 valence electrons. The molecule has 16 heavy (non-hydrogen) atoms. The Bertz CT molecular complexity index is 311. The lowest BCUT2D eigenvalue weighted by atomic mass is 10.0. The van der Waals surface area contributed by atoms with Crippen LogP contribution < -0.4 is 0 Å². The molecular weight excluding hydrogens is 207 g/mol. The maximum absolute atomic E-state index is 14.1. The van der Waals surface area contributed by atoms with Crippen LogP contribution >= 0.6 is 0 Å². The summed E-state index contributed by atoms with van der Waals surface area (Å²) in [7, 11) is 0. The Balaban J connectivity index is 4.89. The van der Waals surface area contributed by atoms with Crippen LogP contribution in [-0.2, 0) is 4.79 Å². The third-order valence-corrected chi connectivity index (χ3v) is 2.36. The zero-order valence-electron chi connectivity index (χ0n) is 10.4. The fourth-order valence-corrected chi connectivity index (χ4v) is 1.29. The second-order valence-corrected chi connectivity index (χ2v) is 3.88. The number of amides is 1. The highest BCUT2D eigenvalue weighted by Gasteiger charge is 2.40. The highest BCUT2D eigenvalue weighted by atomic mass is 19.1. The van der Waals surface area contributed by atoms with Gasteiger partial charge in [-0.2, -0.15) is 5.26 Å². The second kappa shape index (κ2) is 6.26. The molecule has 0 aliphatic rings. The zero-order chi connectivity index (χ0) is 12.8. The van der Waals surface area contributed by atoms with E-state index in [1.807, 2.05) is 0 Å². The Kier molecular flexibility index (Phi) is 5.73. The van der Waals surface area contributed by atoms with Crippen molar-refractivity contribution in [1.29, 1.82) is 5.26 Å². The smallest absolute Gasteiger partial charge is 0.276 e. The van der Waals surface area contributed by atoms with E-state index in [1.165, 1.54) is 11.0 Å². The molecular formula is C12H19FN2O. The fraction of sp³-hybridized carbons (Fsp3) is 0.667. The molecule has 1 atom stereocenters. The van der Waals surface area contributed by atoms with Crippen LogP contribution in [0.2, 0.25) is 0 Å². The lowest BCUT2D eigenvalue weighted by molar-refractivity contribution is -0.139. The summed E-state index contributed by atoms with van der Waals surface area (Å²) in [6, 6.07) is 1.48. The van der Waals surface area contributed by atoms with Crippen molar-refractivity contribution in [3.05, 3.63) is 11.6 Å². The monoisotopic (exact) mass is 226 g/mol. The highest BCUT2D eigenvalue weighted by molar-refractivity contribution is 5.88. The molecule has 0 radical (unpaired) electrons. The van der Waals surface area contributed by atoms with E-state index < -0.39 is 11.6 Å². The first kappa shape index (κ1) is 14.6. The molecule has 0 bridgehead atoms. The Morgan fingerprint density at radius 1 is 1.44 bits per heavy atom. The predicted octanol–water partition coefficient (Wildman–Crippen LogP) is 2.44. The number of halogens is 1. The van der Waals surface area contributed by atoms with Gasteiger partial charge in [-0.15, -0.1) is 0 Å². The lowest BCUT2D eigenvalue weighted by Gasteiger charge is -2.24. The maximum atomic E-state index is 14.1. The molecule has 0 aromatic carbocycles. The molecule has 1 amide bonds. The van der Waals surface area contributed by atoms with E-state index in [0.29, 0.717) is 13.1 Å². The van der Waals surface area contributed by atoms with Gasteiger partial charge in [-0.1, -0.05) is 11.6 Å². The number of allylic oxidation sites excluding steroid dienone is 2. The summed E-state index contributed by atoms with van der Waals surface area (Å²) in [6.07, 6.45) is 1.39. The largest absolute Gasteiger partial charge is 0.340 e. The molecule has 0 saturated carbocycles. The lowest BCUT2D eigenvalue weighted by Crippen LogP contribution is -2.45. The first-order chi connectivity index (χ1) is 7.41. The van der Waals surface area contributed by atoms with Gasteiger partial charge in [0, 0.05) is 19.5 Å². The van der Waals surface area contributed by atoms with Crippen LogP contribution in [0.4, 0.5) is 4.39 Å². The van der Waals surface area contributed by atoms with E-state index in [9.17, 15) is 9.18 Å². The number of hydrogen-bond donors (Lipinski definition) is 0. The topological polar surface area (TPSA) is 44.1 Å². The molecule has 0 heterocycles. The number of nitriles is 1. The summed E-state index contributed by atoms with van der Waals surface area (Å²) in [6.45, 7) is 7.97. The molecule has 0 rings (SSSR count). The van der Waals surface area contributed by atoms with Gasteiger partial charge >= 0.3 is 0 Å². The van der Waals surface area contributed by atoms with Crippen molar-refractivity contribution < 1.29 is 9.18 Å². The van der Waals surface area contributed by atoms with E-state index >= 15 is 0 Å². The number of hydrogen-bond acceptors (Lipinski definition) is 2. The van der Waals surface area contributed by atoms with Crippen molar-refractivity contribution in [3.8, 4) is 6.07 Å². The fourth-order valence-electron chi connectivity index (χ4n) is 1.29. The molecule has 0 aliphatic carbocycles. The van der Waals surface area contributed by atoms with Gasteiger partial charge in [0.05, 0.1) is 0 Å². The van der Waals surface area contributed by atoms with Crippen LogP contribution in [0.15, 0.2) is 11.6 Å². The summed E-state index contributed by atoms with van der Waals surface area (Å²) < 4.78 is 14.1. The van der Waals surface area contributed by atoms with E-state index in [2.05, 4.69) is 0 Å². The Morgan fingerprint density at radius 2 is 1.94 bits per heavy atom. The summed E-state index contributed by atoms with van der Waals surface area (Å²) in [4.78, 5) is 13.1. The summed E-state index contributed by atoms with van der Waals surface area (Å²) in [5, 5.41) is 8.81. The standard InChI is InChI=1S/C12H19FN2O/c1-5-15(6-2)11(16)12(13,9-14)8-7-10(3)4/h7H,5-6,8H2,1-4H3. The Hall–Kier alpha value is -1.37. The SMILES string of the molecule is CCN(CC)C(=O)C(F)(C#N)CC=C(C)C. The van der Waals surface area contributed by atoms with Crippen molar-refractivity contribution in [2.45, 2.75) is 39.8 Å². The molecule has 0 aliphatic heterocycles.